The van der Waals surface area contributed by atoms with Crippen molar-refractivity contribution in [1.82, 2.24) is 20.4 Å². The minimum Gasteiger partial charge on any atom is -0.351 e. The molecule has 1 aromatic rings. The fourth-order valence-electron chi connectivity index (χ4n) is 5.25. The van der Waals surface area contributed by atoms with Crippen molar-refractivity contribution in [3.63, 3.8) is 0 Å². The number of piperidine rings is 1. The highest BCUT2D eigenvalue weighted by molar-refractivity contribution is 5.85. The lowest BCUT2D eigenvalue weighted by Crippen LogP contribution is -2.57. The zero-order valence-corrected chi connectivity index (χ0v) is 15.8. The summed E-state index contributed by atoms with van der Waals surface area (Å²) in [5.41, 5.74) is -0.502. The van der Waals surface area contributed by atoms with Crippen LogP contribution in [0.1, 0.15) is 57.8 Å². The van der Waals surface area contributed by atoms with Crippen LogP contribution in [0.5, 0.6) is 0 Å². The van der Waals surface area contributed by atoms with Gasteiger partial charge in [0.25, 0.3) is 0 Å². The summed E-state index contributed by atoms with van der Waals surface area (Å²) < 4.78 is 1.90. The molecule has 3 fully saturated rings. The molecule has 3 atom stereocenters. The van der Waals surface area contributed by atoms with Crippen molar-refractivity contribution in [2.24, 2.45) is 11.8 Å². The summed E-state index contributed by atoms with van der Waals surface area (Å²) in [7, 11) is 0. The minimum atomic E-state index is -0.502. The van der Waals surface area contributed by atoms with E-state index in [2.05, 4.69) is 15.7 Å². The number of nitrogens with one attached hydrogen (secondary N) is 2. The average molecular weight is 367 g/mol. The van der Waals surface area contributed by atoms with Gasteiger partial charge in [0.2, 0.25) is 5.91 Å². The van der Waals surface area contributed by atoms with E-state index in [0.29, 0.717) is 6.04 Å². The highest BCUT2D eigenvalue weighted by atomic mass is 35.5. The van der Waals surface area contributed by atoms with Gasteiger partial charge in [-0.1, -0.05) is 25.7 Å². The molecule has 6 heteroatoms. The summed E-state index contributed by atoms with van der Waals surface area (Å²) in [5, 5.41) is 11.2. The van der Waals surface area contributed by atoms with Crippen LogP contribution >= 0.6 is 12.4 Å². The molecule has 3 aliphatic rings. The van der Waals surface area contributed by atoms with Gasteiger partial charge in [0.1, 0.15) is 5.54 Å². The second-order valence-corrected chi connectivity index (χ2v) is 8.02. The Morgan fingerprint density at radius 1 is 1.12 bits per heavy atom. The van der Waals surface area contributed by atoms with E-state index in [1.165, 1.54) is 38.5 Å². The zero-order valence-electron chi connectivity index (χ0n) is 15.0. The Hall–Kier alpha value is -1.07. The SMILES string of the molecule is Cl.O=C(NC1CCC2CCCCC2C1)C1(n2cccn2)CCNCC1. The van der Waals surface area contributed by atoms with Gasteiger partial charge in [0.15, 0.2) is 0 Å². The molecule has 0 aromatic carbocycles. The van der Waals surface area contributed by atoms with Crippen LogP contribution in [0.3, 0.4) is 0 Å². The molecule has 1 aliphatic heterocycles. The molecule has 1 saturated heterocycles. The molecule has 1 amide bonds. The first kappa shape index (κ1) is 18.7. The fourth-order valence-corrected chi connectivity index (χ4v) is 5.25. The highest BCUT2D eigenvalue weighted by Crippen LogP contribution is 2.40. The molecule has 0 radical (unpaired) electrons. The van der Waals surface area contributed by atoms with Crippen LogP contribution in [-0.2, 0) is 10.3 Å². The lowest BCUT2D eigenvalue weighted by Gasteiger charge is -2.42. The molecule has 2 aliphatic carbocycles. The summed E-state index contributed by atoms with van der Waals surface area (Å²) in [4.78, 5) is 13.2. The van der Waals surface area contributed by atoms with E-state index >= 15 is 0 Å². The summed E-state index contributed by atoms with van der Waals surface area (Å²) in [6.45, 7) is 1.76. The third kappa shape index (κ3) is 3.72. The highest BCUT2D eigenvalue weighted by Gasteiger charge is 2.43. The normalized spacial score (nSPS) is 31.4. The van der Waals surface area contributed by atoms with Gasteiger partial charge < -0.3 is 10.6 Å². The first-order valence-corrected chi connectivity index (χ1v) is 9.80. The first-order chi connectivity index (χ1) is 11.8. The van der Waals surface area contributed by atoms with Gasteiger partial charge in [-0.25, -0.2) is 0 Å². The summed E-state index contributed by atoms with van der Waals surface area (Å²) in [6.07, 6.45) is 14.6. The van der Waals surface area contributed by atoms with Crippen molar-refractivity contribution in [2.45, 2.75) is 69.4 Å². The first-order valence-electron chi connectivity index (χ1n) is 9.80. The second kappa shape index (κ2) is 8.09. The largest absolute Gasteiger partial charge is 0.351 e. The molecule has 2 saturated carbocycles. The molecule has 2 N–H and O–H groups in total. The summed E-state index contributed by atoms with van der Waals surface area (Å²) in [6, 6.07) is 2.28. The topological polar surface area (TPSA) is 59.0 Å². The fraction of sp³-hybridized carbons (Fsp3) is 0.789. The Labute approximate surface area is 156 Å². The zero-order chi connectivity index (χ0) is 16.4. The molecule has 0 bridgehead atoms. The molecule has 25 heavy (non-hydrogen) atoms. The standard InChI is InChI=1S/C19H30N4O.ClH/c24-18(19(8-11-20-12-9-19)23-13-3-10-21-23)22-17-7-6-15-4-1-2-5-16(15)14-17;/h3,10,13,15-17,20H,1-2,4-9,11-12,14H2,(H,22,24);1H. The monoisotopic (exact) mass is 366 g/mol. The predicted molar refractivity (Wildman–Crippen MR) is 101 cm³/mol. The van der Waals surface area contributed by atoms with E-state index in [9.17, 15) is 4.79 Å². The molecule has 5 nitrogen and oxygen atoms in total. The maximum Gasteiger partial charge on any atom is 0.248 e. The van der Waals surface area contributed by atoms with E-state index < -0.39 is 5.54 Å². The van der Waals surface area contributed by atoms with Gasteiger partial charge in [0.05, 0.1) is 0 Å². The molecule has 2 heterocycles. The van der Waals surface area contributed by atoms with Gasteiger partial charge in [-0.2, -0.15) is 5.10 Å². The Balaban J connectivity index is 0.00000182. The van der Waals surface area contributed by atoms with Crippen LogP contribution < -0.4 is 10.6 Å². The van der Waals surface area contributed by atoms with E-state index in [4.69, 9.17) is 0 Å². The number of hydrogen-bond acceptors (Lipinski definition) is 3. The maximum absolute atomic E-state index is 13.2. The quantitative estimate of drug-likeness (QED) is 0.864. The average Bonchev–Trinajstić information content (AvgIpc) is 3.17. The van der Waals surface area contributed by atoms with Crippen LogP contribution in [0, 0.1) is 11.8 Å². The van der Waals surface area contributed by atoms with Crippen LogP contribution in [0.4, 0.5) is 0 Å². The molecule has 1 aromatic heterocycles. The number of carbonyl (C=O) groups is 1. The van der Waals surface area contributed by atoms with E-state index in [1.807, 2.05) is 16.9 Å². The molecular formula is C19H31ClN4O. The molecule has 140 valence electrons. The number of aromatic nitrogens is 2. The second-order valence-electron chi connectivity index (χ2n) is 8.02. The number of hydrogen-bond donors (Lipinski definition) is 2. The van der Waals surface area contributed by atoms with Gasteiger partial charge >= 0.3 is 0 Å². The number of carbonyl (C=O) groups excluding carboxylic acids is 1. The predicted octanol–water partition coefficient (Wildman–Crippen LogP) is 2.86. The van der Waals surface area contributed by atoms with Crippen molar-refractivity contribution >= 4 is 18.3 Å². The summed E-state index contributed by atoms with van der Waals surface area (Å²) in [5.74, 6) is 1.95. The van der Waals surface area contributed by atoms with Crippen molar-refractivity contribution in [2.75, 3.05) is 13.1 Å². The molecule has 3 unspecified atom stereocenters. The smallest absolute Gasteiger partial charge is 0.248 e. The number of fused-ring (bicyclic) bond motifs is 1. The van der Waals surface area contributed by atoms with E-state index in [1.54, 1.807) is 6.20 Å². The Kier molecular flexibility index (Phi) is 6.05. The maximum atomic E-state index is 13.2. The Morgan fingerprint density at radius 2 is 1.88 bits per heavy atom. The van der Waals surface area contributed by atoms with E-state index in [0.717, 1.165) is 44.2 Å². The number of rotatable bonds is 3. The van der Waals surface area contributed by atoms with Gasteiger partial charge in [-0.05, 0) is 63.1 Å². The third-order valence-electron chi connectivity index (χ3n) is 6.67. The minimum absolute atomic E-state index is 0. The van der Waals surface area contributed by atoms with Crippen molar-refractivity contribution in [3.05, 3.63) is 18.5 Å². The van der Waals surface area contributed by atoms with E-state index in [-0.39, 0.29) is 18.3 Å². The Morgan fingerprint density at radius 3 is 2.60 bits per heavy atom. The van der Waals surface area contributed by atoms with Crippen LogP contribution in [0.2, 0.25) is 0 Å². The Bertz CT molecular complexity index is 556. The molecular weight excluding hydrogens is 336 g/mol. The van der Waals surface area contributed by atoms with Crippen molar-refractivity contribution in [3.8, 4) is 0 Å². The lowest BCUT2D eigenvalue weighted by atomic mass is 9.69. The third-order valence-corrected chi connectivity index (χ3v) is 6.67. The van der Waals surface area contributed by atoms with Crippen molar-refractivity contribution in [1.29, 1.82) is 0 Å². The van der Waals surface area contributed by atoms with Crippen LogP contribution in [0.15, 0.2) is 18.5 Å². The van der Waals surface area contributed by atoms with Gasteiger partial charge in [-0.15, -0.1) is 12.4 Å². The van der Waals surface area contributed by atoms with Crippen LogP contribution in [-0.4, -0.2) is 34.8 Å². The van der Waals surface area contributed by atoms with Crippen LogP contribution in [0.25, 0.3) is 0 Å². The number of nitrogens with zero attached hydrogens (tertiary/aromatic N) is 2. The lowest BCUT2D eigenvalue weighted by molar-refractivity contribution is -0.133. The van der Waals surface area contributed by atoms with Gasteiger partial charge in [0, 0.05) is 18.4 Å². The molecule has 0 spiro atoms. The van der Waals surface area contributed by atoms with Gasteiger partial charge in [-0.3, -0.25) is 9.48 Å². The number of halogens is 1. The van der Waals surface area contributed by atoms with Crippen molar-refractivity contribution < 1.29 is 4.79 Å². The summed E-state index contributed by atoms with van der Waals surface area (Å²) >= 11 is 0. The number of amides is 1. The molecule has 4 rings (SSSR count).